The Balaban J connectivity index is 0.000000180. The van der Waals surface area contributed by atoms with Gasteiger partial charge in [0.25, 0.3) is 0 Å². The predicted octanol–water partition coefficient (Wildman–Crippen LogP) is 0.789. The second kappa shape index (κ2) is 6.74. The van der Waals surface area contributed by atoms with Crippen molar-refractivity contribution in [2.24, 2.45) is 5.73 Å². The first-order valence-electron chi connectivity index (χ1n) is 4.97. The van der Waals surface area contributed by atoms with Gasteiger partial charge in [-0.3, -0.25) is 4.79 Å². The maximum atomic E-state index is 10.4. The molecule has 18 heavy (non-hydrogen) atoms. The van der Waals surface area contributed by atoms with Crippen molar-refractivity contribution in [3.05, 3.63) is 60.0 Å². The van der Waals surface area contributed by atoms with Gasteiger partial charge in [0.2, 0.25) is 5.91 Å². The maximum absolute atomic E-state index is 10.4. The van der Waals surface area contributed by atoms with Crippen LogP contribution in [0, 0.1) is 0 Å². The third kappa shape index (κ3) is 4.40. The Kier molecular flexibility index (Phi) is 4.98. The minimum Gasteiger partial charge on any atom is -0.478 e. The molecule has 0 saturated heterocycles. The Hall–Kier alpha value is -2.76. The molecule has 1 amide bonds. The lowest BCUT2D eigenvalue weighted by molar-refractivity contribution is -0.132. The molecule has 6 heteroatoms. The van der Waals surface area contributed by atoms with Crippen LogP contribution in [0.1, 0.15) is 10.4 Å². The number of carbonyl (C=O) groups excluding carboxylic acids is 1. The molecule has 1 aliphatic rings. The molecule has 0 aromatic heterocycles. The first-order valence-corrected chi connectivity index (χ1v) is 4.97. The van der Waals surface area contributed by atoms with Crippen molar-refractivity contribution in [3.63, 3.8) is 0 Å². The highest BCUT2D eigenvalue weighted by Gasteiger charge is 2.04. The molecule has 0 atom stereocenters. The van der Waals surface area contributed by atoms with Gasteiger partial charge >= 0.3 is 5.97 Å². The average Bonchev–Trinajstić information content (AvgIpc) is 2.41. The van der Waals surface area contributed by atoms with Gasteiger partial charge in [0.05, 0.1) is 11.8 Å². The molecule has 94 valence electrons. The van der Waals surface area contributed by atoms with E-state index in [0.717, 1.165) is 0 Å². The smallest absolute Gasteiger partial charge is 0.337 e. The molecule has 0 unspecified atom stereocenters. The number of amides is 1. The quantitative estimate of drug-likeness (QED) is 0.718. The van der Waals surface area contributed by atoms with E-state index in [4.69, 9.17) is 10.8 Å². The molecular weight excluding hydrogens is 236 g/mol. The fourth-order valence-corrected chi connectivity index (χ4v) is 1.03. The van der Waals surface area contributed by atoms with Crippen LogP contribution in [0.4, 0.5) is 0 Å². The maximum Gasteiger partial charge on any atom is 0.337 e. The highest BCUT2D eigenvalue weighted by atomic mass is 16.6. The number of hydrogen-bond acceptors (Lipinski definition) is 4. The molecule has 0 saturated carbocycles. The van der Waals surface area contributed by atoms with Gasteiger partial charge in [0, 0.05) is 5.56 Å². The number of carbonyl (C=O) groups is 2. The Morgan fingerprint density at radius 1 is 1.22 bits per heavy atom. The standard InChI is InChI=1S/C7H7NO.C5H5NO3/c8-7(9)6-4-2-1-3-5-6;7-5(8)4-1-2-9-6-3-4/h1-5H,(H2,8,9);1-3,6H,(H,7,8). The summed E-state index contributed by atoms with van der Waals surface area (Å²) >= 11 is 0. The van der Waals surface area contributed by atoms with Crippen molar-refractivity contribution in [2.45, 2.75) is 0 Å². The number of benzene rings is 1. The van der Waals surface area contributed by atoms with E-state index in [1.807, 2.05) is 6.07 Å². The van der Waals surface area contributed by atoms with Crippen LogP contribution in [-0.4, -0.2) is 17.0 Å². The molecule has 1 aromatic carbocycles. The van der Waals surface area contributed by atoms with Crippen LogP contribution in [0.3, 0.4) is 0 Å². The fourth-order valence-electron chi connectivity index (χ4n) is 1.03. The lowest BCUT2D eigenvalue weighted by Gasteiger charge is -2.03. The number of nitrogens with two attached hydrogens (primary N) is 1. The zero-order valence-corrected chi connectivity index (χ0v) is 9.37. The molecule has 6 nitrogen and oxygen atoms in total. The zero-order chi connectivity index (χ0) is 13.4. The highest BCUT2D eigenvalue weighted by molar-refractivity contribution is 5.92. The SMILES string of the molecule is NC(=O)c1ccccc1.O=C(O)C1=CNOC=C1. The Labute approximate surface area is 103 Å². The third-order valence-electron chi connectivity index (χ3n) is 1.90. The van der Waals surface area contributed by atoms with Crippen LogP contribution >= 0.6 is 0 Å². The fraction of sp³-hybridized carbons (Fsp3) is 0. The molecule has 1 heterocycles. The van der Waals surface area contributed by atoms with Crippen LogP contribution in [0.2, 0.25) is 0 Å². The zero-order valence-electron chi connectivity index (χ0n) is 9.37. The topological polar surface area (TPSA) is 102 Å². The number of hydroxylamine groups is 1. The third-order valence-corrected chi connectivity index (χ3v) is 1.90. The average molecular weight is 248 g/mol. The van der Waals surface area contributed by atoms with Crippen molar-refractivity contribution in [3.8, 4) is 0 Å². The van der Waals surface area contributed by atoms with Gasteiger partial charge in [-0.25, -0.2) is 10.3 Å². The first-order chi connectivity index (χ1) is 8.61. The van der Waals surface area contributed by atoms with E-state index in [2.05, 4.69) is 10.3 Å². The number of primary amides is 1. The van der Waals surface area contributed by atoms with Gasteiger partial charge in [-0.05, 0) is 18.2 Å². The molecule has 0 spiro atoms. The van der Waals surface area contributed by atoms with Gasteiger partial charge in [-0.2, -0.15) is 0 Å². The Morgan fingerprint density at radius 2 is 1.89 bits per heavy atom. The van der Waals surface area contributed by atoms with Gasteiger partial charge in [-0.15, -0.1) is 0 Å². The number of rotatable bonds is 2. The van der Waals surface area contributed by atoms with Gasteiger partial charge < -0.3 is 15.7 Å². The van der Waals surface area contributed by atoms with E-state index >= 15 is 0 Å². The molecular formula is C12H12N2O4. The first kappa shape index (κ1) is 13.3. The van der Waals surface area contributed by atoms with E-state index in [1.54, 1.807) is 24.3 Å². The molecule has 2 rings (SSSR count). The molecule has 0 radical (unpaired) electrons. The van der Waals surface area contributed by atoms with Crippen molar-refractivity contribution in [1.29, 1.82) is 0 Å². The van der Waals surface area contributed by atoms with Crippen LogP contribution in [0.25, 0.3) is 0 Å². The molecule has 1 aliphatic heterocycles. The summed E-state index contributed by atoms with van der Waals surface area (Å²) in [7, 11) is 0. The summed E-state index contributed by atoms with van der Waals surface area (Å²) in [6.07, 6.45) is 3.89. The molecule has 0 fully saturated rings. The van der Waals surface area contributed by atoms with Crippen molar-refractivity contribution >= 4 is 11.9 Å². The number of aliphatic carboxylic acids is 1. The summed E-state index contributed by atoms with van der Waals surface area (Å²) < 4.78 is 0. The Morgan fingerprint density at radius 3 is 2.22 bits per heavy atom. The van der Waals surface area contributed by atoms with Crippen molar-refractivity contribution in [1.82, 2.24) is 5.48 Å². The van der Waals surface area contributed by atoms with E-state index in [0.29, 0.717) is 5.56 Å². The van der Waals surface area contributed by atoms with Crippen LogP contribution in [0.15, 0.2) is 54.4 Å². The molecule has 0 aliphatic carbocycles. The van der Waals surface area contributed by atoms with Gasteiger partial charge in [-0.1, -0.05) is 18.2 Å². The van der Waals surface area contributed by atoms with Crippen LogP contribution in [-0.2, 0) is 9.63 Å². The summed E-state index contributed by atoms with van der Waals surface area (Å²) in [5, 5.41) is 8.32. The number of hydrogen-bond donors (Lipinski definition) is 3. The molecule has 4 N–H and O–H groups in total. The summed E-state index contributed by atoms with van der Waals surface area (Å²) in [6, 6.07) is 8.76. The number of carboxylic acid groups (broad SMARTS) is 1. The van der Waals surface area contributed by atoms with Crippen molar-refractivity contribution < 1.29 is 19.5 Å². The largest absolute Gasteiger partial charge is 0.478 e. The van der Waals surface area contributed by atoms with Crippen LogP contribution in [0.5, 0.6) is 0 Å². The van der Waals surface area contributed by atoms with E-state index in [9.17, 15) is 9.59 Å². The molecule has 1 aromatic rings. The van der Waals surface area contributed by atoms with E-state index in [1.165, 1.54) is 18.5 Å². The van der Waals surface area contributed by atoms with E-state index < -0.39 is 5.97 Å². The summed E-state index contributed by atoms with van der Waals surface area (Å²) in [6.45, 7) is 0. The Bertz CT molecular complexity index is 480. The van der Waals surface area contributed by atoms with Gasteiger partial charge in [0.15, 0.2) is 0 Å². The van der Waals surface area contributed by atoms with E-state index in [-0.39, 0.29) is 11.5 Å². The predicted molar refractivity (Wildman–Crippen MR) is 64.0 cm³/mol. The monoisotopic (exact) mass is 248 g/mol. The normalized spacial score (nSPS) is 12.1. The van der Waals surface area contributed by atoms with Gasteiger partial charge in [0.1, 0.15) is 6.26 Å². The minimum atomic E-state index is -0.970. The van der Waals surface area contributed by atoms with Crippen LogP contribution < -0.4 is 11.2 Å². The minimum absolute atomic E-state index is 0.182. The molecule has 0 bridgehead atoms. The second-order valence-electron chi connectivity index (χ2n) is 3.17. The summed E-state index contributed by atoms with van der Waals surface area (Å²) in [5.74, 6) is -1.35. The summed E-state index contributed by atoms with van der Waals surface area (Å²) in [4.78, 5) is 25.0. The highest BCUT2D eigenvalue weighted by Crippen LogP contribution is 1.98. The number of carboxylic acids is 1. The second-order valence-corrected chi connectivity index (χ2v) is 3.17. The van der Waals surface area contributed by atoms with Crippen molar-refractivity contribution in [2.75, 3.05) is 0 Å². The lowest BCUT2D eigenvalue weighted by atomic mass is 10.2. The lowest BCUT2D eigenvalue weighted by Crippen LogP contribution is -2.10. The number of nitrogens with one attached hydrogen (secondary N) is 1. The summed E-state index contributed by atoms with van der Waals surface area (Å²) in [5.41, 5.74) is 8.00.